The van der Waals surface area contributed by atoms with Crippen molar-refractivity contribution in [2.24, 2.45) is 0 Å². The molecule has 1 aromatic heterocycles. The van der Waals surface area contributed by atoms with E-state index in [1.807, 2.05) is 17.0 Å². The molecule has 1 aromatic carbocycles. The number of hydrogen-bond acceptors (Lipinski definition) is 4. The van der Waals surface area contributed by atoms with Crippen molar-refractivity contribution in [3.8, 4) is 0 Å². The van der Waals surface area contributed by atoms with Crippen molar-refractivity contribution in [2.75, 3.05) is 29.5 Å². The van der Waals surface area contributed by atoms with Crippen molar-refractivity contribution in [2.45, 2.75) is 0 Å². The lowest BCUT2D eigenvalue weighted by atomic mass is 10.1. The summed E-state index contributed by atoms with van der Waals surface area (Å²) in [6.07, 6.45) is 0. The molecule has 1 saturated heterocycles. The predicted octanol–water partition coefficient (Wildman–Crippen LogP) is 1.50. The van der Waals surface area contributed by atoms with E-state index >= 15 is 0 Å². The molecule has 0 saturated carbocycles. The number of benzene rings is 1. The Morgan fingerprint density at radius 1 is 1.25 bits per heavy atom. The number of anilines is 1. The van der Waals surface area contributed by atoms with Crippen LogP contribution in [0, 0.1) is 0 Å². The Morgan fingerprint density at radius 3 is 2.65 bits per heavy atom. The fraction of sp³-hybridized carbons (Fsp3) is 0.286. The van der Waals surface area contributed by atoms with Crippen molar-refractivity contribution in [1.29, 1.82) is 0 Å². The Balaban J connectivity index is 2.08. The second-order valence-corrected chi connectivity index (χ2v) is 6.38. The summed E-state index contributed by atoms with van der Waals surface area (Å²) in [6, 6.07) is 8.84. The van der Waals surface area contributed by atoms with Gasteiger partial charge in [0.1, 0.15) is 5.82 Å². The molecule has 0 unspecified atom stereocenters. The van der Waals surface area contributed by atoms with Crippen LogP contribution >= 0.6 is 0 Å². The molecule has 0 bridgehead atoms. The average Bonchev–Trinajstić information content (AvgIpc) is 2.46. The molecule has 0 radical (unpaired) electrons. The fourth-order valence-corrected chi connectivity index (χ4v) is 3.42. The van der Waals surface area contributed by atoms with E-state index in [2.05, 4.69) is 4.98 Å². The lowest BCUT2D eigenvalue weighted by Crippen LogP contribution is -2.38. The number of aromatic carboxylic acids is 1. The molecule has 1 N–H and O–H groups in total. The number of nitrogens with zero attached hydrogens (tertiary/aromatic N) is 2. The van der Waals surface area contributed by atoms with Crippen LogP contribution in [0.4, 0.5) is 5.82 Å². The number of pyridine rings is 1. The summed E-state index contributed by atoms with van der Waals surface area (Å²) in [6.45, 7) is 1.30. The van der Waals surface area contributed by atoms with Crippen LogP contribution in [-0.2, 0) is 10.8 Å². The van der Waals surface area contributed by atoms with Crippen LogP contribution < -0.4 is 4.90 Å². The summed E-state index contributed by atoms with van der Waals surface area (Å²) >= 11 is 0. The van der Waals surface area contributed by atoms with Crippen molar-refractivity contribution < 1.29 is 14.1 Å². The van der Waals surface area contributed by atoms with E-state index in [0.717, 1.165) is 0 Å². The molecule has 104 valence electrons. The third-order valence-electron chi connectivity index (χ3n) is 3.43. The SMILES string of the molecule is O=C(O)c1cc(N2CCS(=O)CC2)nc2ccccc12. The highest BCUT2D eigenvalue weighted by molar-refractivity contribution is 7.85. The van der Waals surface area contributed by atoms with Crippen LogP contribution in [0.3, 0.4) is 0 Å². The van der Waals surface area contributed by atoms with E-state index in [-0.39, 0.29) is 5.56 Å². The Morgan fingerprint density at radius 2 is 1.95 bits per heavy atom. The molecular weight excluding hydrogens is 276 g/mol. The van der Waals surface area contributed by atoms with Gasteiger partial charge in [-0.25, -0.2) is 9.78 Å². The zero-order valence-electron chi connectivity index (χ0n) is 10.8. The topological polar surface area (TPSA) is 70.5 Å². The average molecular weight is 290 g/mol. The van der Waals surface area contributed by atoms with Crippen molar-refractivity contribution >= 4 is 33.5 Å². The minimum Gasteiger partial charge on any atom is -0.478 e. The number of hydrogen-bond donors (Lipinski definition) is 1. The monoisotopic (exact) mass is 290 g/mol. The Bertz CT molecular complexity index is 692. The molecule has 1 aliphatic heterocycles. The van der Waals surface area contributed by atoms with Crippen LogP contribution in [0.25, 0.3) is 10.9 Å². The second kappa shape index (κ2) is 5.20. The largest absolute Gasteiger partial charge is 0.478 e. The molecule has 2 aromatic rings. The molecule has 0 spiro atoms. The molecule has 20 heavy (non-hydrogen) atoms. The first kappa shape index (κ1) is 13.1. The van der Waals surface area contributed by atoms with Crippen LogP contribution in [0.2, 0.25) is 0 Å². The summed E-state index contributed by atoms with van der Waals surface area (Å²) in [7, 11) is -0.762. The molecule has 0 atom stereocenters. The number of para-hydroxylation sites is 1. The standard InChI is InChI=1S/C14H14N2O3S/c17-14(18)11-9-13(16-5-7-20(19)8-6-16)15-12-4-2-1-3-10(11)12/h1-4,9H,5-8H2,(H,17,18). The van der Waals surface area contributed by atoms with E-state index in [1.165, 1.54) is 0 Å². The number of rotatable bonds is 2. The molecule has 1 aliphatic rings. The normalized spacial score (nSPS) is 16.5. The first-order valence-corrected chi connectivity index (χ1v) is 7.87. The zero-order valence-corrected chi connectivity index (χ0v) is 11.6. The number of fused-ring (bicyclic) bond motifs is 1. The first-order chi connectivity index (χ1) is 9.65. The molecular formula is C14H14N2O3S. The number of aromatic nitrogens is 1. The molecule has 2 heterocycles. The highest BCUT2D eigenvalue weighted by Crippen LogP contribution is 2.23. The summed E-state index contributed by atoms with van der Waals surface area (Å²) in [5.74, 6) is 0.914. The molecule has 0 aliphatic carbocycles. The van der Waals surface area contributed by atoms with Gasteiger partial charge < -0.3 is 10.0 Å². The zero-order chi connectivity index (χ0) is 14.1. The van der Waals surface area contributed by atoms with E-state index in [4.69, 9.17) is 0 Å². The van der Waals surface area contributed by atoms with Gasteiger partial charge in [0.05, 0.1) is 11.1 Å². The van der Waals surface area contributed by atoms with Crippen LogP contribution in [0.15, 0.2) is 30.3 Å². The van der Waals surface area contributed by atoms with E-state index in [1.54, 1.807) is 18.2 Å². The first-order valence-electron chi connectivity index (χ1n) is 6.38. The maximum atomic E-state index is 11.4. The van der Waals surface area contributed by atoms with Crippen LogP contribution in [0.5, 0.6) is 0 Å². The predicted molar refractivity (Wildman–Crippen MR) is 78.8 cm³/mol. The van der Waals surface area contributed by atoms with E-state index in [0.29, 0.717) is 41.3 Å². The maximum absolute atomic E-state index is 11.4. The van der Waals surface area contributed by atoms with Gasteiger partial charge in [-0.1, -0.05) is 18.2 Å². The van der Waals surface area contributed by atoms with Gasteiger partial charge in [0.25, 0.3) is 0 Å². The van der Waals surface area contributed by atoms with Gasteiger partial charge in [0.2, 0.25) is 0 Å². The fourth-order valence-electron chi connectivity index (χ4n) is 2.37. The highest BCUT2D eigenvalue weighted by Gasteiger charge is 2.19. The van der Waals surface area contributed by atoms with Crippen molar-refractivity contribution in [3.63, 3.8) is 0 Å². The minimum atomic E-state index is -0.953. The third-order valence-corrected chi connectivity index (χ3v) is 4.71. The molecule has 5 nitrogen and oxygen atoms in total. The second-order valence-electron chi connectivity index (χ2n) is 4.69. The minimum absolute atomic E-state index is 0.261. The van der Waals surface area contributed by atoms with Gasteiger partial charge in [-0.2, -0.15) is 0 Å². The summed E-state index contributed by atoms with van der Waals surface area (Å²) < 4.78 is 11.4. The molecule has 1 fully saturated rings. The Hall–Kier alpha value is -1.95. The Labute approximate surface area is 118 Å². The van der Waals surface area contributed by atoms with Gasteiger partial charge in [0, 0.05) is 40.8 Å². The Kier molecular flexibility index (Phi) is 3.40. The number of carboxylic acid groups (broad SMARTS) is 1. The molecule has 6 heteroatoms. The maximum Gasteiger partial charge on any atom is 0.336 e. The lowest BCUT2D eigenvalue weighted by molar-refractivity contribution is 0.0699. The van der Waals surface area contributed by atoms with Gasteiger partial charge >= 0.3 is 5.97 Å². The van der Waals surface area contributed by atoms with Gasteiger partial charge in [-0.05, 0) is 12.1 Å². The van der Waals surface area contributed by atoms with Gasteiger partial charge in [-0.3, -0.25) is 4.21 Å². The molecule has 3 rings (SSSR count). The van der Waals surface area contributed by atoms with Crippen LogP contribution in [-0.4, -0.2) is 44.9 Å². The van der Waals surface area contributed by atoms with Gasteiger partial charge in [-0.15, -0.1) is 0 Å². The van der Waals surface area contributed by atoms with Crippen molar-refractivity contribution in [3.05, 3.63) is 35.9 Å². The summed E-state index contributed by atoms with van der Waals surface area (Å²) in [5, 5.41) is 10.00. The summed E-state index contributed by atoms with van der Waals surface area (Å²) in [5.41, 5.74) is 0.936. The van der Waals surface area contributed by atoms with Crippen molar-refractivity contribution in [1.82, 2.24) is 4.98 Å². The van der Waals surface area contributed by atoms with Crippen LogP contribution in [0.1, 0.15) is 10.4 Å². The third kappa shape index (κ3) is 2.38. The quantitative estimate of drug-likeness (QED) is 0.907. The van der Waals surface area contributed by atoms with Gasteiger partial charge in [0.15, 0.2) is 0 Å². The number of carboxylic acids is 1. The van der Waals surface area contributed by atoms with E-state index in [9.17, 15) is 14.1 Å². The molecule has 0 amide bonds. The summed E-state index contributed by atoms with van der Waals surface area (Å²) in [4.78, 5) is 17.9. The number of carbonyl (C=O) groups is 1. The highest BCUT2D eigenvalue weighted by atomic mass is 32.2. The van der Waals surface area contributed by atoms with E-state index < -0.39 is 16.8 Å². The lowest BCUT2D eigenvalue weighted by Gasteiger charge is -2.27. The smallest absolute Gasteiger partial charge is 0.336 e.